The quantitative estimate of drug-likeness (QED) is 0.742. The van der Waals surface area contributed by atoms with E-state index < -0.39 is 0 Å². The van der Waals surface area contributed by atoms with Crippen LogP contribution in [0.25, 0.3) is 0 Å². The molecule has 0 aliphatic carbocycles. The minimum Gasteiger partial charge on any atom is -0.378 e. The second-order valence-electron chi connectivity index (χ2n) is 7.43. The molecular weight excluding hydrogens is 222 g/mol. The van der Waals surface area contributed by atoms with Gasteiger partial charge >= 0.3 is 0 Å². The molecule has 2 heteroatoms. The van der Waals surface area contributed by atoms with Gasteiger partial charge in [-0.2, -0.15) is 0 Å². The number of rotatable bonds is 7. The van der Waals surface area contributed by atoms with Gasteiger partial charge in [-0.1, -0.05) is 27.7 Å². The maximum absolute atomic E-state index is 6.24. The van der Waals surface area contributed by atoms with Crippen molar-refractivity contribution in [1.82, 2.24) is 0 Å². The molecular formula is C16H33NO. The van der Waals surface area contributed by atoms with Gasteiger partial charge in [-0.15, -0.1) is 0 Å². The van der Waals surface area contributed by atoms with Crippen LogP contribution in [0.4, 0.5) is 0 Å². The van der Waals surface area contributed by atoms with E-state index in [4.69, 9.17) is 10.5 Å². The second-order valence-corrected chi connectivity index (χ2v) is 7.43. The Hall–Kier alpha value is -0.0800. The van der Waals surface area contributed by atoms with E-state index in [-0.39, 0.29) is 0 Å². The molecule has 0 bridgehead atoms. The number of hydrogen-bond donors (Lipinski definition) is 1. The molecule has 1 fully saturated rings. The van der Waals surface area contributed by atoms with Crippen molar-refractivity contribution >= 4 is 0 Å². The van der Waals surface area contributed by atoms with Crippen molar-refractivity contribution in [2.24, 2.45) is 17.1 Å². The molecule has 1 aliphatic rings. The summed E-state index contributed by atoms with van der Waals surface area (Å²) in [7, 11) is 0. The predicted molar refractivity (Wildman–Crippen MR) is 78.7 cm³/mol. The molecule has 1 rings (SSSR count). The van der Waals surface area contributed by atoms with E-state index in [1.54, 1.807) is 0 Å². The maximum Gasteiger partial charge on any atom is 0.0576 e. The molecule has 0 spiro atoms. The molecule has 2 nitrogen and oxygen atoms in total. The van der Waals surface area contributed by atoms with Crippen molar-refractivity contribution < 1.29 is 4.74 Å². The molecule has 18 heavy (non-hydrogen) atoms. The summed E-state index contributed by atoms with van der Waals surface area (Å²) in [5, 5.41) is 0. The fourth-order valence-corrected chi connectivity index (χ4v) is 3.24. The lowest BCUT2D eigenvalue weighted by Crippen LogP contribution is -2.25. The summed E-state index contributed by atoms with van der Waals surface area (Å²) in [6, 6.07) is 0.378. The molecule has 0 saturated carbocycles. The largest absolute Gasteiger partial charge is 0.378 e. The van der Waals surface area contributed by atoms with Crippen molar-refractivity contribution in [2.75, 3.05) is 6.61 Å². The Bertz CT molecular complexity index is 216. The van der Waals surface area contributed by atoms with Gasteiger partial charge in [0.2, 0.25) is 0 Å². The number of hydrogen-bond acceptors (Lipinski definition) is 2. The highest BCUT2D eigenvalue weighted by Gasteiger charge is 2.18. The van der Waals surface area contributed by atoms with Gasteiger partial charge < -0.3 is 10.5 Å². The third-order valence-electron chi connectivity index (χ3n) is 3.79. The van der Waals surface area contributed by atoms with Crippen LogP contribution in [-0.2, 0) is 4.74 Å². The molecule has 0 radical (unpaired) electrons. The van der Waals surface area contributed by atoms with E-state index in [2.05, 4.69) is 27.7 Å². The zero-order valence-corrected chi connectivity index (χ0v) is 12.9. The van der Waals surface area contributed by atoms with Crippen LogP contribution in [0.1, 0.15) is 72.6 Å². The van der Waals surface area contributed by atoms with Crippen molar-refractivity contribution in [1.29, 1.82) is 0 Å². The van der Waals surface area contributed by atoms with Gasteiger partial charge in [0, 0.05) is 12.6 Å². The molecule has 3 unspecified atom stereocenters. The molecule has 1 aliphatic heterocycles. The SMILES string of the molecule is CC(CC(N)CCCC1CCCO1)CC(C)(C)C. The first-order valence-electron chi connectivity index (χ1n) is 7.74. The highest BCUT2D eigenvalue weighted by Crippen LogP contribution is 2.27. The Morgan fingerprint density at radius 3 is 2.61 bits per heavy atom. The monoisotopic (exact) mass is 255 g/mol. The van der Waals surface area contributed by atoms with Crippen LogP contribution < -0.4 is 5.73 Å². The Labute approximate surface area is 114 Å². The van der Waals surface area contributed by atoms with Crippen molar-refractivity contribution in [2.45, 2.75) is 84.8 Å². The zero-order chi connectivity index (χ0) is 13.6. The zero-order valence-electron chi connectivity index (χ0n) is 12.9. The van der Waals surface area contributed by atoms with Crippen molar-refractivity contribution in [3.63, 3.8) is 0 Å². The van der Waals surface area contributed by atoms with Gasteiger partial charge in [-0.25, -0.2) is 0 Å². The number of ether oxygens (including phenoxy) is 1. The fourth-order valence-electron chi connectivity index (χ4n) is 3.24. The smallest absolute Gasteiger partial charge is 0.0576 e. The third-order valence-corrected chi connectivity index (χ3v) is 3.79. The molecule has 0 amide bonds. The van der Waals surface area contributed by atoms with Gasteiger partial charge in [0.25, 0.3) is 0 Å². The van der Waals surface area contributed by atoms with Crippen LogP contribution in [0.3, 0.4) is 0 Å². The first-order chi connectivity index (χ1) is 8.37. The Morgan fingerprint density at radius 1 is 1.33 bits per heavy atom. The molecule has 2 N–H and O–H groups in total. The van der Waals surface area contributed by atoms with E-state index in [0.29, 0.717) is 17.6 Å². The predicted octanol–water partition coefficient (Wildman–Crippen LogP) is 4.13. The van der Waals surface area contributed by atoms with Crippen molar-refractivity contribution in [3.05, 3.63) is 0 Å². The average molecular weight is 255 g/mol. The van der Waals surface area contributed by atoms with E-state index >= 15 is 0 Å². The molecule has 1 heterocycles. The average Bonchev–Trinajstić information content (AvgIpc) is 2.66. The summed E-state index contributed by atoms with van der Waals surface area (Å²) in [5.74, 6) is 0.739. The lowest BCUT2D eigenvalue weighted by atomic mass is 9.82. The maximum atomic E-state index is 6.24. The van der Waals surface area contributed by atoms with E-state index in [0.717, 1.165) is 18.9 Å². The molecule has 0 aromatic rings. The lowest BCUT2D eigenvalue weighted by molar-refractivity contribution is 0.101. The first-order valence-corrected chi connectivity index (χ1v) is 7.74. The summed E-state index contributed by atoms with van der Waals surface area (Å²) in [5.41, 5.74) is 6.66. The second kappa shape index (κ2) is 7.49. The van der Waals surface area contributed by atoms with Crippen LogP contribution in [-0.4, -0.2) is 18.8 Å². The minimum absolute atomic E-state index is 0.378. The third kappa shape index (κ3) is 7.38. The van der Waals surface area contributed by atoms with Crippen LogP contribution >= 0.6 is 0 Å². The van der Waals surface area contributed by atoms with Gasteiger partial charge in [-0.3, -0.25) is 0 Å². The van der Waals surface area contributed by atoms with Gasteiger partial charge in [0.15, 0.2) is 0 Å². The molecule has 3 atom stereocenters. The molecule has 108 valence electrons. The van der Waals surface area contributed by atoms with Crippen LogP contribution in [0, 0.1) is 11.3 Å². The number of nitrogens with two attached hydrogens (primary N) is 1. The van der Waals surface area contributed by atoms with E-state index in [9.17, 15) is 0 Å². The molecule has 1 saturated heterocycles. The minimum atomic E-state index is 0.378. The summed E-state index contributed by atoms with van der Waals surface area (Å²) < 4.78 is 5.64. The summed E-state index contributed by atoms with van der Waals surface area (Å²) in [6.45, 7) is 10.2. The van der Waals surface area contributed by atoms with Gasteiger partial charge in [0.05, 0.1) is 6.10 Å². The summed E-state index contributed by atoms with van der Waals surface area (Å²) >= 11 is 0. The van der Waals surface area contributed by atoms with Crippen LogP contribution in [0.5, 0.6) is 0 Å². The molecule has 0 aromatic carbocycles. The Balaban J connectivity index is 2.07. The summed E-state index contributed by atoms with van der Waals surface area (Å²) in [4.78, 5) is 0. The Morgan fingerprint density at radius 2 is 2.06 bits per heavy atom. The lowest BCUT2D eigenvalue weighted by Gasteiger charge is -2.25. The van der Waals surface area contributed by atoms with Gasteiger partial charge in [-0.05, 0) is 56.3 Å². The standard InChI is InChI=1S/C16H33NO/c1-13(12-16(2,3)4)11-14(17)7-5-8-15-9-6-10-18-15/h13-15H,5-12,17H2,1-4H3. The highest BCUT2D eigenvalue weighted by molar-refractivity contribution is 4.72. The van der Waals surface area contributed by atoms with Gasteiger partial charge in [0.1, 0.15) is 0 Å². The van der Waals surface area contributed by atoms with E-state index in [1.165, 1.54) is 38.5 Å². The van der Waals surface area contributed by atoms with Crippen LogP contribution in [0.2, 0.25) is 0 Å². The first kappa shape index (κ1) is 16.0. The van der Waals surface area contributed by atoms with Crippen molar-refractivity contribution in [3.8, 4) is 0 Å². The summed E-state index contributed by atoms with van der Waals surface area (Å²) in [6.07, 6.45) is 9.08. The topological polar surface area (TPSA) is 35.2 Å². The fraction of sp³-hybridized carbons (Fsp3) is 1.00. The Kier molecular flexibility index (Phi) is 6.65. The van der Waals surface area contributed by atoms with E-state index in [1.807, 2.05) is 0 Å². The molecule has 0 aromatic heterocycles. The normalized spacial score (nSPS) is 24.2. The highest BCUT2D eigenvalue weighted by atomic mass is 16.5. The van der Waals surface area contributed by atoms with Crippen LogP contribution in [0.15, 0.2) is 0 Å².